The Bertz CT molecular complexity index is 809. The third kappa shape index (κ3) is 3.39. The number of aromatic nitrogens is 3. The van der Waals surface area contributed by atoms with Crippen molar-refractivity contribution < 1.29 is 23.8 Å². The van der Waals surface area contributed by atoms with Crippen LogP contribution in [0, 0.1) is 5.92 Å². The van der Waals surface area contributed by atoms with E-state index in [-0.39, 0.29) is 18.2 Å². The lowest BCUT2D eigenvalue weighted by atomic mass is 10.0. The first-order valence-electron chi connectivity index (χ1n) is 7.84. The molecule has 0 aliphatic carbocycles. The van der Waals surface area contributed by atoms with E-state index in [2.05, 4.69) is 20.7 Å². The summed E-state index contributed by atoms with van der Waals surface area (Å²) >= 11 is 0. The molecule has 0 unspecified atom stereocenters. The summed E-state index contributed by atoms with van der Waals surface area (Å²) in [6, 6.07) is 3.24. The van der Waals surface area contributed by atoms with Gasteiger partial charge in [0.2, 0.25) is 23.5 Å². The van der Waals surface area contributed by atoms with Crippen molar-refractivity contribution in [1.29, 1.82) is 0 Å². The minimum absolute atomic E-state index is 0.00178. The molecule has 2 heterocycles. The second-order valence-electron chi connectivity index (χ2n) is 5.62. The summed E-state index contributed by atoms with van der Waals surface area (Å²) in [5, 5.41) is 9.38. The van der Waals surface area contributed by atoms with Crippen LogP contribution in [0.2, 0.25) is 0 Å². The third-order valence-corrected chi connectivity index (χ3v) is 3.99. The molecule has 2 N–H and O–H groups in total. The molecule has 10 heteroatoms. The zero-order valence-corrected chi connectivity index (χ0v) is 14.6. The van der Waals surface area contributed by atoms with Crippen molar-refractivity contribution in [2.75, 3.05) is 32.0 Å². The Kier molecular flexibility index (Phi) is 4.92. The van der Waals surface area contributed by atoms with Gasteiger partial charge in [-0.3, -0.25) is 14.9 Å². The van der Waals surface area contributed by atoms with Crippen LogP contribution in [0.5, 0.6) is 17.2 Å². The number of rotatable bonds is 6. The van der Waals surface area contributed by atoms with E-state index in [4.69, 9.17) is 14.2 Å². The lowest BCUT2D eigenvalue weighted by Gasteiger charge is -2.22. The molecule has 0 spiro atoms. The Morgan fingerprint density at radius 3 is 2.58 bits per heavy atom. The van der Waals surface area contributed by atoms with Crippen molar-refractivity contribution in [3.63, 3.8) is 0 Å². The fraction of sp³-hybridized carbons (Fsp3) is 0.375. The van der Waals surface area contributed by atoms with E-state index in [0.717, 1.165) is 0 Å². The number of hydrogen-bond acceptors (Lipinski definition) is 7. The van der Waals surface area contributed by atoms with Crippen molar-refractivity contribution in [3.8, 4) is 17.2 Å². The van der Waals surface area contributed by atoms with Gasteiger partial charge in [0.15, 0.2) is 11.5 Å². The molecule has 10 nitrogen and oxygen atoms in total. The number of benzene rings is 1. The van der Waals surface area contributed by atoms with Gasteiger partial charge in [0, 0.05) is 24.2 Å². The average Bonchev–Trinajstić information content (AvgIpc) is 3.08. The topological polar surface area (TPSA) is 117 Å². The molecule has 138 valence electrons. The summed E-state index contributed by atoms with van der Waals surface area (Å²) < 4.78 is 17.3. The first kappa shape index (κ1) is 17.5. The van der Waals surface area contributed by atoms with Gasteiger partial charge in [-0.2, -0.15) is 10.1 Å². The molecule has 0 radical (unpaired) electrons. The zero-order valence-electron chi connectivity index (χ0n) is 14.6. The largest absolute Gasteiger partial charge is 0.493 e. The summed E-state index contributed by atoms with van der Waals surface area (Å²) in [6.07, 6.45) is 1.36. The number of amides is 2. The van der Waals surface area contributed by atoms with Crippen LogP contribution in [-0.2, 0) is 16.1 Å². The van der Waals surface area contributed by atoms with Crippen LogP contribution in [0.15, 0.2) is 18.5 Å². The van der Waals surface area contributed by atoms with E-state index in [1.165, 1.54) is 27.7 Å². The summed E-state index contributed by atoms with van der Waals surface area (Å²) in [5.41, 5.74) is 0.474. The van der Waals surface area contributed by atoms with Crippen LogP contribution in [0.4, 0.5) is 11.6 Å². The maximum absolute atomic E-state index is 12.4. The Hall–Kier alpha value is -3.30. The molecule has 0 bridgehead atoms. The molecule has 3 rings (SSSR count). The van der Waals surface area contributed by atoms with E-state index < -0.39 is 5.92 Å². The normalized spacial score (nSPS) is 15.7. The molecule has 2 aromatic rings. The molecule has 0 saturated heterocycles. The zero-order chi connectivity index (χ0) is 18.7. The van der Waals surface area contributed by atoms with Gasteiger partial charge < -0.3 is 19.5 Å². The number of nitrogens with one attached hydrogen (secondary N) is 2. The molecule has 1 aliphatic rings. The number of carbonyl (C=O) groups is 2. The van der Waals surface area contributed by atoms with E-state index in [9.17, 15) is 9.59 Å². The molecule has 2 amide bonds. The highest BCUT2D eigenvalue weighted by molar-refractivity contribution is 5.98. The molecule has 26 heavy (non-hydrogen) atoms. The fourth-order valence-corrected chi connectivity index (χ4v) is 2.74. The van der Waals surface area contributed by atoms with Gasteiger partial charge in [0.25, 0.3) is 0 Å². The maximum Gasteiger partial charge on any atom is 0.232 e. The van der Waals surface area contributed by atoms with Crippen LogP contribution >= 0.6 is 0 Å². The predicted octanol–water partition coefficient (Wildman–Crippen LogP) is 0.901. The number of hydrogen-bond donors (Lipinski definition) is 2. The van der Waals surface area contributed by atoms with Gasteiger partial charge >= 0.3 is 0 Å². The SMILES string of the molecule is COc1cc(NC(=O)C[C@@H]2Cn3ncnc3NC2=O)cc(OC)c1OC. The summed E-state index contributed by atoms with van der Waals surface area (Å²) in [7, 11) is 4.48. The van der Waals surface area contributed by atoms with Crippen LogP contribution in [0.1, 0.15) is 6.42 Å². The van der Waals surface area contributed by atoms with E-state index in [1.54, 1.807) is 16.8 Å². The molecule has 1 aromatic carbocycles. The number of methoxy groups -OCH3 is 3. The van der Waals surface area contributed by atoms with Crippen LogP contribution in [0.3, 0.4) is 0 Å². The van der Waals surface area contributed by atoms with Gasteiger partial charge in [0.05, 0.1) is 33.8 Å². The van der Waals surface area contributed by atoms with Crippen molar-refractivity contribution in [1.82, 2.24) is 14.8 Å². The summed E-state index contributed by atoms with van der Waals surface area (Å²) in [6.45, 7) is 0.295. The van der Waals surface area contributed by atoms with Gasteiger partial charge in [-0.1, -0.05) is 0 Å². The van der Waals surface area contributed by atoms with E-state index in [0.29, 0.717) is 35.4 Å². The van der Waals surface area contributed by atoms with E-state index >= 15 is 0 Å². The smallest absolute Gasteiger partial charge is 0.232 e. The first-order chi connectivity index (χ1) is 12.5. The highest BCUT2D eigenvalue weighted by Crippen LogP contribution is 2.40. The Balaban J connectivity index is 1.71. The standard InChI is InChI=1S/C16H19N5O5/c1-24-11-5-10(6-12(25-2)14(11)26-3)19-13(22)4-9-7-21-16(17-8-18-21)20-15(9)23/h5-6,8-9H,4,7H2,1-3H3,(H,19,22)(H,17,18,20,23)/t9-/m1/s1. The lowest BCUT2D eigenvalue weighted by molar-refractivity contribution is -0.125. The summed E-state index contributed by atoms with van der Waals surface area (Å²) in [5.74, 6) is 0.545. The van der Waals surface area contributed by atoms with Crippen LogP contribution in [0.25, 0.3) is 0 Å². The van der Waals surface area contributed by atoms with E-state index in [1.807, 2.05) is 0 Å². The number of anilines is 2. The quantitative estimate of drug-likeness (QED) is 0.785. The molecule has 1 aliphatic heterocycles. The maximum atomic E-state index is 12.4. The van der Waals surface area contributed by atoms with Gasteiger partial charge in [-0.25, -0.2) is 4.68 Å². The predicted molar refractivity (Wildman–Crippen MR) is 91.5 cm³/mol. The second kappa shape index (κ2) is 7.30. The van der Waals surface area contributed by atoms with Gasteiger partial charge in [-0.05, 0) is 0 Å². The highest BCUT2D eigenvalue weighted by atomic mass is 16.5. The molecule has 0 saturated carbocycles. The number of carbonyl (C=O) groups excluding carboxylic acids is 2. The fourth-order valence-electron chi connectivity index (χ4n) is 2.74. The molecule has 1 atom stereocenters. The molecule has 1 aromatic heterocycles. The molecule has 0 fully saturated rings. The minimum Gasteiger partial charge on any atom is -0.493 e. The van der Waals surface area contributed by atoms with Crippen molar-refractivity contribution in [2.24, 2.45) is 5.92 Å². The monoisotopic (exact) mass is 361 g/mol. The van der Waals surface area contributed by atoms with Gasteiger partial charge in [-0.15, -0.1) is 0 Å². The number of nitrogens with zero attached hydrogens (tertiary/aromatic N) is 3. The van der Waals surface area contributed by atoms with Crippen LogP contribution < -0.4 is 24.8 Å². The lowest BCUT2D eigenvalue weighted by Crippen LogP contribution is -2.36. The minimum atomic E-state index is -0.536. The number of ether oxygens (including phenoxy) is 3. The Morgan fingerprint density at radius 2 is 1.96 bits per heavy atom. The summed E-state index contributed by atoms with van der Waals surface area (Å²) in [4.78, 5) is 28.4. The second-order valence-corrected chi connectivity index (χ2v) is 5.62. The first-order valence-corrected chi connectivity index (χ1v) is 7.84. The highest BCUT2D eigenvalue weighted by Gasteiger charge is 2.29. The number of fused-ring (bicyclic) bond motifs is 1. The Morgan fingerprint density at radius 1 is 1.27 bits per heavy atom. The Labute approximate surface area is 149 Å². The third-order valence-electron chi connectivity index (χ3n) is 3.99. The van der Waals surface area contributed by atoms with Crippen molar-refractivity contribution in [2.45, 2.75) is 13.0 Å². The van der Waals surface area contributed by atoms with Crippen molar-refractivity contribution >= 4 is 23.5 Å². The van der Waals surface area contributed by atoms with Gasteiger partial charge in [0.1, 0.15) is 6.33 Å². The van der Waals surface area contributed by atoms with Crippen LogP contribution in [-0.4, -0.2) is 47.9 Å². The van der Waals surface area contributed by atoms with Crippen molar-refractivity contribution in [3.05, 3.63) is 18.5 Å². The molecular formula is C16H19N5O5. The average molecular weight is 361 g/mol. The molecular weight excluding hydrogens is 342 g/mol.